The second kappa shape index (κ2) is 5.22. The summed E-state index contributed by atoms with van der Waals surface area (Å²) in [5, 5.41) is 3.33. The van der Waals surface area contributed by atoms with E-state index in [-0.39, 0.29) is 24.0 Å². The maximum atomic E-state index is 13.1. The molecule has 0 fully saturated rings. The van der Waals surface area contributed by atoms with E-state index in [9.17, 15) is 14.0 Å². The number of carbonyl (C=O) groups excluding carboxylic acids is 1. The maximum absolute atomic E-state index is 13.1. The van der Waals surface area contributed by atoms with E-state index in [1.807, 2.05) is 0 Å². The minimum atomic E-state index is -0.563. The molecule has 0 aliphatic carbocycles. The number of hydrogen-bond donors (Lipinski definition) is 1. The lowest BCUT2D eigenvalue weighted by Gasteiger charge is -2.09. The van der Waals surface area contributed by atoms with Crippen molar-refractivity contribution in [1.82, 2.24) is 5.32 Å². The molecule has 1 aromatic heterocycles. The van der Waals surface area contributed by atoms with Gasteiger partial charge >= 0.3 is 5.63 Å². The van der Waals surface area contributed by atoms with E-state index in [1.165, 1.54) is 18.2 Å². The minimum absolute atomic E-state index is 0.108. The molecule has 0 atom stereocenters. The van der Waals surface area contributed by atoms with Crippen LogP contribution >= 0.6 is 0 Å². The summed E-state index contributed by atoms with van der Waals surface area (Å²) in [4.78, 5) is 22.9. The van der Waals surface area contributed by atoms with Crippen LogP contribution in [0.1, 0.15) is 19.4 Å². The number of rotatable bonds is 3. The van der Waals surface area contributed by atoms with Crippen molar-refractivity contribution >= 4 is 16.9 Å². The highest BCUT2D eigenvalue weighted by molar-refractivity contribution is 5.82. The molecule has 100 valence electrons. The van der Waals surface area contributed by atoms with Gasteiger partial charge in [0.1, 0.15) is 11.4 Å². The summed E-state index contributed by atoms with van der Waals surface area (Å²) < 4.78 is 18.0. The molecule has 1 N–H and O–H groups in total. The molecule has 0 aliphatic rings. The van der Waals surface area contributed by atoms with Crippen LogP contribution in [0.15, 0.2) is 33.5 Å². The summed E-state index contributed by atoms with van der Waals surface area (Å²) in [5.74, 6) is -0.716. The Balaban J connectivity index is 2.37. The Kier molecular flexibility index (Phi) is 3.64. The molecule has 4 nitrogen and oxygen atoms in total. The molecule has 1 heterocycles. The van der Waals surface area contributed by atoms with Crippen molar-refractivity contribution in [1.29, 1.82) is 0 Å². The van der Waals surface area contributed by atoms with Crippen molar-refractivity contribution in [3.8, 4) is 0 Å². The van der Waals surface area contributed by atoms with E-state index in [4.69, 9.17) is 4.42 Å². The number of nitrogens with one attached hydrogen (secondary N) is 1. The molecule has 0 saturated heterocycles. The van der Waals surface area contributed by atoms with Gasteiger partial charge in [-0.15, -0.1) is 0 Å². The summed E-state index contributed by atoms with van der Waals surface area (Å²) in [6.45, 7) is 3.77. The Labute approximate surface area is 109 Å². The van der Waals surface area contributed by atoms with E-state index >= 15 is 0 Å². The average molecular weight is 263 g/mol. The number of amides is 1. The predicted molar refractivity (Wildman–Crippen MR) is 69.1 cm³/mol. The Morgan fingerprint density at radius 2 is 2.11 bits per heavy atom. The summed E-state index contributed by atoms with van der Waals surface area (Å²) in [5.41, 5.74) is 0.230. The Morgan fingerprint density at radius 1 is 1.37 bits per heavy atom. The zero-order chi connectivity index (χ0) is 14.0. The minimum Gasteiger partial charge on any atom is -0.423 e. The highest BCUT2D eigenvalue weighted by Crippen LogP contribution is 2.18. The zero-order valence-electron chi connectivity index (χ0n) is 10.7. The molecule has 2 rings (SSSR count). The SMILES string of the molecule is CC(C)C(=O)NCc1cc(=O)oc2cc(F)ccc12. The van der Waals surface area contributed by atoms with Gasteiger partial charge in [0.05, 0.1) is 0 Å². The first-order valence-electron chi connectivity index (χ1n) is 5.97. The second-order valence-electron chi connectivity index (χ2n) is 4.60. The summed E-state index contributed by atoms with van der Waals surface area (Å²) in [6.07, 6.45) is 0. The molecule has 0 saturated carbocycles. The molecule has 2 aromatic rings. The summed E-state index contributed by atoms with van der Waals surface area (Å²) >= 11 is 0. The standard InChI is InChI=1S/C14H14FNO3/c1-8(2)14(18)16-7-9-5-13(17)19-12-6-10(15)3-4-11(9)12/h3-6,8H,7H2,1-2H3,(H,16,18). The average Bonchev–Trinajstić information content (AvgIpc) is 2.34. The molecule has 1 aromatic carbocycles. The molecule has 0 bridgehead atoms. The van der Waals surface area contributed by atoms with Crippen LogP contribution in [0.2, 0.25) is 0 Å². The van der Waals surface area contributed by atoms with Gasteiger partial charge in [0.25, 0.3) is 0 Å². The van der Waals surface area contributed by atoms with E-state index in [0.29, 0.717) is 10.9 Å². The molecule has 0 aliphatic heterocycles. The van der Waals surface area contributed by atoms with Crippen LogP contribution in [0, 0.1) is 11.7 Å². The van der Waals surface area contributed by atoms with Gasteiger partial charge in [0.15, 0.2) is 0 Å². The smallest absolute Gasteiger partial charge is 0.336 e. The molecule has 1 amide bonds. The summed E-state index contributed by atoms with van der Waals surface area (Å²) in [6, 6.07) is 5.28. The molecular weight excluding hydrogens is 249 g/mol. The largest absolute Gasteiger partial charge is 0.423 e. The predicted octanol–water partition coefficient (Wildman–Crippen LogP) is 2.20. The number of benzene rings is 1. The lowest BCUT2D eigenvalue weighted by Crippen LogP contribution is -2.27. The fourth-order valence-electron chi connectivity index (χ4n) is 1.74. The molecule has 0 radical (unpaired) electrons. The third kappa shape index (κ3) is 2.99. The topological polar surface area (TPSA) is 59.3 Å². The van der Waals surface area contributed by atoms with Gasteiger partial charge in [0.2, 0.25) is 5.91 Å². The van der Waals surface area contributed by atoms with Crippen molar-refractivity contribution in [2.24, 2.45) is 5.92 Å². The van der Waals surface area contributed by atoms with Gasteiger partial charge in [-0.3, -0.25) is 4.79 Å². The quantitative estimate of drug-likeness (QED) is 0.864. The van der Waals surface area contributed by atoms with Crippen LogP contribution in [-0.4, -0.2) is 5.91 Å². The first kappa shape index (κ1) is 13.3. The van der Waals surface area contributed by atoms with Crippen LogP contribution in [0.5, 0.6) is 0 Å². The van der Waals surface area contributed by atoms with Crippen LogP contribution in [-0.2, 0) is 11.3 Å². The first-order chi connectivity index (χ1) is 8.97. The van der Waals surface area contributed by atoms with Crippen molar-refractivity contribution in [3.05, 3.63) is 46.1 Å². The van der Waals surface area contributed by atoms with Crippen LogP contribution in [0.4, 0.5) is 4.39 Å². The lowest BCUT2D eigenvalue weighted by molar-refractivity contribution is -0.124. The zero-order valence-corrected chi connectivity index (χ0v) is 10.7. The Hall–Kier alpha value is -2.17. The van der Waals surface area contributed by atoms with E-state index in [0.717, 1.165) is 6.07 Å². The lowest BCUT2D eigenvalue weighted by atomic mass is 10.1. The molecule has 0 unspecified atom stereocenters. The highest BCUT2D eigenvalue weighted by atomic mass is 19.1. The second-order valence-corrected chi connectivity index (χ2v) is 4.60. The van der Waals surface area contributed by atoms with Gasteiger partial charge < -0.3 is 9.73 Å². The van der Waals surface area contributed by atoms with E-state index in [1.54, 1.807) is 13.8 Å². The van der Waals surface area contributed by atoms with Crippen LogP contribution < -0.4 is 10.9 Å². The third-order valence-electron chi connectivity index (χ3n) is 2.77. The highest BCUT2D eigenvalue weighted by Gasteiger charge is 2.10. The van der Waals surface area contributed by atoms with Crippen LogP contribution in [0.3, 0.4) is 0 Å². The maximum Gasteiger partial charge on any atom is 0.336 e. The number of fused-ring (bicyclic) bond motifs is 1. The number of halogens is 1. The van der Waals surface area contributed by atoms with Gasteiger partial charge in [-0.2, -0.15) is 0 Å². The van der Waals surface area contributed by atoms with Crippen molar-refractivity contribution in [3.63, 3.8) is 0 Å². The fraction of sp³-hybridized carbons (Fsp3) is 0.286. The Morgan fingerprint density at radius 3 is 2.79 bits per heavy atom. The van der Waals surface area contributed by atoms with Gasteiger partial charge in [0, 0.05) is 30.0 Å². The molecule has 5 heteroatoms. The van der Waals surface area contributed by atoms with Crippen LogP contribution in [0.25, 0.3) is 11.0 Å². The molecule has 0 spiro atoms. The number of hydrogen-bond acceptors (Lipinski definition) is 3. The van der Waals surface area contributed by atoms with Crippen molar-refractivity contribution in [2.45, 2.75) is 20.4 Å². The van der Waals surface area contributed by atoms with E-state index < -0.39 is 11.4 Å². The monoisotopic (exact) mass is 263 g/mol. The number of carbonyl (C=O) groups is 1. The van der Waals surface area contributed by atoms with Gasteiger partial charge in [-0.1, -0.05) is 13.8 Å². The van der Waals surface area contributed by atoms with Crippen molar-refractivity contribution < 1.29 is 13.6 Å². The molecular formula is C14H14FNO3. The summed E-state index contributed by atoms with van der Waals surface area (Å²) in [7, 11) is 0. The molecule has 19 heavy (non-hydrogen) atoms. The normalized spacial score (nSPS) is 10.9. The Bertz CT molecular complexity index is 676. The van der Waals surface area contributed by atoms with E-state index in [2.05, 4.69) is 5.32 Å². The first-order valence-corrected chi connectivity index (χ1v) is 5.97. The van der Waals surface area contributed by atoms with Gasteiger partial charge in [-0.25, -0.2) is 9.18 Å². The van der Waals surface area contributed by atoms with Gasteiger partial charge in [-0.05, 0) is 17.7 Å². The van der Waals surface area contributed by atoms with Crippen molar-refractivity contribution in [2.75, 3.05) is 0 Å². The third-order valence-corrected chi connectivity index (χ3v) is 2.77. The fourth-order valence-corrected chi connectivity index (χ4v) is 1.74.